The third-order valence-corrected chi connectivity index (χ3v) is 4.25. The van der Waals surface area contributed by atoms with Gasteiger partial charge in [-0.05, 0) is 55.0 Å². The van der Waals surface area contributed by atoms with Crippen LogP contribution < -0.4 is 15.8 Å². The van der Waals surface area contributed by atoms with E-state index in [2.05, 4.69) is 21.2 Å². The summed E-state index contributed by atoms with van der Waals surface area (Å²) in [5, 5.41) is 2.77. The normalized spacial score (nSPS) is 10.5. The predicted octanol–water partition coefficient (Wildman–Crippen LogP) is 4.86. The summed E-state index contributed by atoms with van der Waals surface area (Å²) >= 11 is 3.44. The van der Waals surface area contributed by atoms with E-state index in [4.69, 9.17) is 14.9 Å². The van der Waals surface area contributed by atoms with Gasteiger partial charge in [-0.25, -0.2) is 0 Å². The van der Waals surface area contributed by atoms with Crippen molar-refractivity contribution in [1.29, 1.82) is 0 Å². The number of anilines is 2. The van der Waals surface area contributed by atoms with E-state index in [0.717, 1.165) is 15.6 Å². The molecule has 3 rings (SSSR count). The summed E-state index contributed by atoms with van der Waals surface area (Å²) in [6, 6.07) is 14.3. The molecule has 0 saturated heterocycles. The average Bonchev–Trinajstić information content (AvgIpc) is 3.06. The molecule has 0 radical (unpaired) electrons. The number of nitrogens with two attached hydrogens (primary N) is 1. The van der Waals surface area contributed by atoms with E-state index < -0.39 is 0 Å². The first-order valence-electron chi connectivity index (χ1n) is 7.59. The first-order chi connectivity index (χ1) is 12.0. The summed E-state index contributed by atoms with van der Waals surface area (Å²) in [7, 11) is 1.52. The Kier molecular flexibility index (Phi) is 4.81. The minimum Gasteiger partial charge on any atom is -0.494 e. The summed E-state index contributed by atoms with van der Waals surface area (Å²) < 4.78 is 12.0. The summed E-state index contributed by atoms with van der Waals surface area (Å²) in [5.41, 5.74) is 8.80. The van der Waals surface area contributed by atoms with Crippen LogP contribution in [0.15, 0.2) is 57.4 Å². The molecule has 0 aliphatic heterocycles. The van der Waals surface area contributed by atoms with Crippen molar-refractivity contribution in [2.45, 2.75) is 6.92 Å². The van der Waals surface area contributed by atoms with Crippen molar-refractivity contribution in [2.75, 3.05) is 18.2 Å². The van der Waals surface area contributed by atoms with Gasteiger partial charge in [-0.1, -0.05) is 15.9 Å². The van der Waals surface area contributed by atoms with Gasteiger partial charge in [0.25, 0.3) is 5.91 Å². The van der Waals surface area contributed by atoms with Crippen LogP contribution in [0.3, 0.4) is 0 Å². The van der Waals surface area contributed by atoms with Crippen molar-refractivity contribution in [3.8, 4) is 17.1 Å². The molecule has 2 aromatic carbocycles. The molecule has 6 heteroatoms. The van der Waals surface area contributed by atoms with Crippen molar-refractivity contribution >= 4 is 33.2 Å². The fraction of sp³-hybridized carbons (Fsp3) is 0.105. The second-order valence-corrected chi connectivity index (χ2v) is 6.45. The molecule has 25 heavy (non-hydrogen) atoms. The van der Waals surface area contributed by atoms with Crippen LogP contribution in [-0.2, 0) is 0 Å². The Hall–Kier alpha value is -2.73. The molecule has 0 bridgehead atoms. The van der Waals surface area contributed by atoms with Gasteiger partial charge >= 0.3 is 0 Å². The quantitative estimate of drug-likeness (QED) is 0.612. The van der Waals surface area contributed by atoms with Gasteiger partial charge < -0.3 is 20.2 Å². The molecule has 3 N–H and O–H groups in total. The third-order valence-electron chi connectivity index (χ3n) is 3.76. The molecule has 0 unspecified atom stereocenters. The number of rotatable bonds is 4. The zero-order chi connectivity index (χ0) is 18.0. The highest BCUT2D eigenvalue weighted by Gasteiger charge is 2.15. The molecule has 1 aromatic heterocycles. The second kappa shape index (κ2) is 7.03. The highest BCUT2D eigenvalue weighted by Crippen LogP contribution is 2.30. The maximum atomic E-state index is 12.5. The molecular weight excluding hydrogens is 384 g/mol. The lowest BCUT2D eigenvalue weighted by Crippen LogP contribution is -2.11. The number of hydrogen-bond donors (Lipinski definition) is 2. The number of aryl methyl sites for hydroxylation is 1. The molecular formula is C19H17BrN2O3. The van der Waals surface area contributed by atoms with E-state index in [9.17, 15) is 4.79 Å². The number of carbonyl (C=O) groups excluding carboxylic acids is 1. The zero-order valence-electron chi connectivity index (χ0n) is 13.8. The van der Waals surface area contributed by atoms with Crippen molar-refractivity contribution in [3.63, 3.8) is 0 Å². The van der Waals surface area contributed by atoms with Crippen LogP contribution >= 0.6 is 15.9 Å². The van der Waals surface area contributed by atoms with Crippen LogP contribution in [-0.4, -0.2) is 13.0 Å². The second-order valence-electron chi connectivity index (χ2n) is 5.54. The third kappa shape index (κ3) is 3.69. The molecule has 0 fully saturated rings. The van der Waals surface area contributed by atoms with Crippen LogP contribution in [0.5, 0.6) is 5.75 Å². The number of amides is 1. The Morgan fingerprint density at radius 3 is 2.68 bits per heavy atom. The highest BCUT2D eigenvalue weighted by molar-refractivity contribution is 9.10. The number of benzene rings is 2. The minimum atomic E-state index is -0.357. The van der Waals surface area contributed by atoms with Gasteiger partial charge in [0.15, 0.2) is 5.76 Å². The van der Waals surface area contributed by atoms with Crippen LogP contribution in [0.2, 0.25) is 0 Å². The van der Waals surface area contributed by atoms with Crippen molar-refractivity contribution < 1.29 is 13.9 Å². The van der Waals surface area contributed by atoms with Gasteiger partial charge in [0.05, 0.1) is 12.8 Å². The lowest BCUT2D eigenvalue weighted by atomic mass is 10.1. The van der Waals surface area contributed by atoms with Gasteiger partial charge in [-0.3, -0.25) is 4.79 Å². The van der Waals surface area contributed by atoms with E-state index in [1.54, 1.807) is 30.3 Å². The molecule has 1 heterocycles. The molecule has 5 nitrogen and oxygen atoms in total. The van der Waals surface area contributed by atoms with E-state index >= 15 is 0 Å². The van der Waals surface area contributed by atoms with Gasteiger partial charge in [0.2, 0.25) is 0 Å². The Morgan fingerprint density at radius 1 is 1.16 bits per heavy atom. The molecule has 0 aliphatic rings. The summed E-state index contributed by atoms with van der Waals surface area (Å²) in [6.07, 6.45) is 0. The SMILES string of the molecule is COc1cc(N)ccc1NC(=O)c1ccc(-c2ccc(Br)cc2C)o1. The van der Waals surface area contributed by atoms with Crippen LogP contribution in [0.1, 0.15) is 16.1 Å². The largest absolute Gasteiger partial charge is 0.494 e. The van der Waals surface area contributed by atoms with Crippen molar-refractivity contribution in [1.82, 2.24) is 0 Å². The first kappa shape index (κ1) is 17.1. The van der Waals surface area contributed by atoms with Gasteiger partial charge in [-0.15, -0.1) is 0 Å². The number of nitrogens with one attached hydrogen (secondary N) is 1. The highest BCUT2D eigenvalue weighted by atomic mass is 79.9. The number of ether oxygens (including phenoxy) is 1. The van der Waals surface area contributed by atoms with Crippen LogP contribution in [0, 0.1) is 6.92 Å². The van der Waals surface area contributed by atoms with Gasteiger partial charge in [-0.2, -0.15) is 0 Å². The van der Waals surface area contributed by atoms with E-state index in [1.165, 1.54) is 7.11 Å². The smallest absolute Gasteiger partial charge is 0.291 e. The Morgan fingerprint density at radius 2 is 1.96 bits per heavy atom. The average molecular weight is 401 g/mol. The van der Waals surface area contributed by atoms with E-state index in [0.29, 0.717) is 22.9 Å². The number of hydrogen-bond acceptors (Lipinski definition) is 4. The molecule has 0 atom stereocenters. The maximum Gasteiger partial charge on any atom is 0.291 e. The monoisotopic (exact) mass is 400 g/mol. The molecule has 1 amide bonds. The van der Waals surface area contributed by atoms with Crippen LogP contribution in [0.4, 0.5) is 11.4 Å². The zero-order valence-corrected chi connectivity index (χ0v) is 15.4. The summed E-state index contributed by atoms with van der Waals surface area (Å²) in [5.74, 6) is 0.989. The Balaban J connectivity index is 1.84. The fourth-order valence-electron chi connectivity index (χ4n) is 2.50. The topological polar surface area (TPSA) is 77.5 Å². The number of halogens is 1. The first-order valence-corrected chi connectivity index (χ1v) is 8.38. The fourth-order valence-corrected chi connectivity index (χ4v) is 2.98. The molecule has 0 aliphatic carbocycles. The lowest BCUT2D eigenvalue weighted by Gasteiger charge is -2.09. The number of methoxy groups -OCH3 is 1. The van der Waals surface area contributed by atoms with Gasteiger partial charge in [0, 0.05) is 21.8 Å². The van der Waals surface area contributed by atoms with E-state index in [-0.39, 0.29) is 11.7 Å². The standard InChI is InChI=1S/C19H17BrN2O3/c1-11-9-12(20)3-5-14(11)16-7-8-17(25-16)19(23)22-15-6-4-13(21)10-18(15)24-2/h3-10H,21H2,1-2H3,(H,22,23). The molecule has 3 aromatic rings. The lowest BCUT2D eigenvalue weighted by molar-refractivity contribution is 0.0997. The van der Waals surface area contributed by atoms with E-state index in [1.807, 2.05) is 25.1 Å². The van der Waals surface area contributed by atoms with Gasteiger partial charge in [0.1, 0.15) is 11.5 Å². The number of furan rings is 1. The van der Waals surface area contributed by atoms with Crippen molar-refractivity contribution in [2.24, 2.45) is 0 Å². The number of carbonyl (C=O) groups is 1. The minimum absolute atomic E-state index is 0.219. The number of nitrogen functional groups attached to an aromatic ring is 1. The van der Waals surface area contributed by atoms with Crippen molar-refractivity contribution in [3.05, 3.63) is 64.3 Å². The maximum absolute atomic E-state index is 12.5. The molecule has 0 saturated carbocycles. The summed E-state index contributed by atoms with van der Waals surface area (Å²) in [4.78, 5) is 12.5. The Bertz CT molecular complexity index is 934. The van der Waals surface area contributed by atoms with Crippen LogP contribution in [0.25, 0.3) is 11.3 Å². The Labute approximate surface area is 153 Å². The molecule has 128 valence electrons. The summed E-state index contributed by atoms with van der Waals surface area (Å²) in [6.45, 7) is 1.99. The predicted molar refractivity (Wildman–Crippen MR) is 102 cm³/mol. The molecule has 0 spiro atoms.